The molecule has 3 N–H and O–H groups in total. The molecular weight excluding hydrogens is 188 g/mol. The summed E-state index contributed by atoms with van der Waals surface area (Å²) in [6, 6.07) is 8.38. The molecule has 0 aliphatic heterocycles. The lowest BCUT2D eigenvalue weighted by Crippen LogP contribution is -2.18. The van der Waals surface area contributed by atoms with Gasteiger partial charge in [-0.05, 0) is 25.5 Å². The number of carbonyl (C=O) groups excluding carboxylic acids is 1. The summed E-state index contributed by atoms with van der Waals surface area (Å²) in [4.78, 5) is 10.5. The third-order valence-corrected chi connectivity index (χ3v) is 2.19. The molecule has 0 saturated carbocycles. The molecule has 0 atom stereocenters. The first-order chi connectivity index (χ1) is 7.18. The van der Waals surface area contributed by atoms with Gasteiger partial charge in [0.1, 0.15) is 0 Å². The number of nitrogens with one attached hydrogen (secondary N) is 1. The van der Waals surface area contributed by atoms with Gasteiger partial charge in [-0.1, -0.05) is 29.8 Å². The first kappa shape index (κ1) is 11.7. The maximum atomic E-state index is 10.5. The van der Waals surface area contributed by atoms with Crippen LogP contribution in [0.15, 0.2) is 24.3 Å². The average Bonchev–Trinajstić information content (AvgIpc) is 2.17. The number of hydrogen-bond acceptors (Lipinski definition) is 2. The summed E-state index contributed by atoms with van der Waals surface area (Å²) in [5.41, 5.74) is 7.58. The van der Waals surface area contributed by atoms with Gasteiger partial charge in [-0.2, -0.15) is 0 Å². The third-order valence-electron chi connectivity index (χ3n) is 2.19. The fraction of sp³-hybridized carbons (Fsp3) is 0.417. The van der Waals surface area contributed by atoms with Gasteiger partial charge < -0.3 is 11.1 Å². The fourth-order valence-corrected chi connectivity index (χ4v) is 1.44. The maximum Gasteiger partial charge on any atom is 0.217 e. The number of primary amides is 1. The first-order valence-electron chi connectivity index (χ1n) is 5.23. The molecule has 0 unspecified atom stereocenters. The Labute approximate surface area is 90.7 Å². The van der Waals surface area contributed by atoms with E-state index >= 15 is 0 Å². The summed E-state index contributed by atoms with van der Waals surface area (Å²) in [5.74, 6) is -0.229. The molecule has 1 rings (SSSR count). The summed E-state index contributed by atoms with van der Waals surface area (Å²) >= 11 is 0. The Balaban J connectivity index is 2.17. The SMILES string of the molecule is Cc1cccc(CNCCCC(N)=O)c1. The van der Waals surface area contributed by atoms with Crippen molar-refractivity contribution in [3.05, 3.63) is 35.4 Å². The zero-order valence-electron chi connectivity index (χ0n) is 9.12. The predicted octanol–water partition coefficient (Wildman–Crippen LogP) is 1.35. The summed E-state index contributed by atoms with van der Waals surface area (Å²) in [5, 5.41) is 3.28. The van der Waals surface area contributed by atoms with Crippen molar-refractivity contribution >= 4 is 5.91 Å². The van der Waals surface area contributed by atoms with Crippen molar-refractivity contribution < 1.29 is 4.79 Å². The molecule has 82 valence electrons. The smallest absolute Gasteiger partial charge is 0.217 e. The monoisotopic (exact) mass is 206 g/mol. The van der Waals surface area contributed by atoms with E-state index in [1.54, 1.807) is 0 Å². The standard InChI is InChI=1S/C12H18N2O/c1-10-4-2-5-11(8-10)9-14-7-3-6-12(13)15/h2,4-5,8,14H,3,6-7,9H2,1H3,(H2,13,15). The second-order valence-corrected chi connectivity index (χ2v) is 3.74. The molecule has 3 nitrogen and oxygen atoms in total. The van der Waals surface area contributed by atoms with E-state index in [0.29, 0.717) is 6.42 Å². The largest absolute Gasteiger partial charge is 0.370 e. The summed E-state index contributed by atoms with van der Waals surface area (Å²) in [6.45, 7) is 3.76. The zero-order chi connectivity index (χ0) is 11.1. The minimum Gasteiger partial charge on any atom is -0.370 e. The minimum absolute atomic E-state index is 0.229. The van der Waals surface area contributed by atoms with Crippen molar-refractivity contribution in [2.24, 2.45) is 5.73 Å². The van der Waals surface area contributed by atoms with E-state index in [2.05, 4.69) is 36.5 Å². The van der Waals surface area contributed by atoms with E-state index in [9.17, 15) is 4.79 Å². The first-order valence-corrected chi connectivity index (χ1v) is 5.23. The van der Waals surface area contributed by atoms with Gasteiger partial charge in [0.15, 0.2) is 0 Å². The summed E-state index contributed by atoms with van der Waals surface area (Å²) in [6.07, 6.45) is 1.27. The topological polar surface area (TPSA) is 55.1 Å². The Morgan fingerprint density at radius 1 is 1.47 bits per heavy atom. The molecule has 0 fully saturated rings. The molecule has 0 radical (unpaired) electrons. The van der Waals surface area contributed by atoms with Gasteiger partial charge >= 0.3 is 0 Å². The molecule has 0 saturated heterocycles. The Hall–Kier alpha value is -1.35. The Kier molecular flexibility index (Phi) is 4.84. The van der Waals surface area contributed by atoms with Crippen LogP contribution in [0.5, 0.6) is 0 Å². The van der Waals surface area contributed by atoms with E-state index in [1.165, 1.54) is 11.1 Å². The molecule has 0 heterocycles. The zero-order valence-corrected chi connectivity index (χ0v) is 9.12. The van der Waals surface area contributed by atoms with Crippen LogP contribution in [-0.2, 0) is 11.3 Å². The number of hydrogen-bond donors (Lipinski definition) is 2. The highest BCUT2D eigenvalue weighted by atomic mass is 16.1. The van der Waals surface area contributed by atoms with Crippen LogP contribution < -0.4 is 11.1 Å². The molecule has 1 amide bonds. The van der Waals surface area contributed by atoms with Crippen molar-refractivity contribution in [2.45, 2.75) is 26.3 Å². The molecule has 3 heteroatoms. The van der Waals surface area contributed by atoms with Crippen LogP contribution in [0.25, 0.3) is 0 Å². The number of aryl methyl sites for hydroxylation is 1. The second-order valence-electron chi connectivity index (χ2n) is 3.74. The van der Waals surface area contributed by atoms with Crippen molar-refractivity contribution in [3.63, 3.8) is 0 Å². The molecule has 1 aromatic carbocycles. The van der Waals surface area contributed by atoms with E-state index < -0.39 is 0 Å². The highest BCUT2D eigenvalue weighted by molar-refractivity contribution is 5.73. The van der Waals surface area contributed by atoms with E-state index in [4.69, 9.17) is 5.73 Å². The van der Waals surface area contributed by atoms with Gasteiger partial charge in [0.2, 0.25) is 5.91 Å². The molecule has 0 spiro atoms. The highest BCUT2D eigenvalue weighted by Gasteiger charge is 1.95. The summed E-state index contributed by atoms with van der Waals surface area (Å²) in [7, 11) is 0. The molecule has 15 heavy (non-hydrogen) atoms. The van der Waals surface area contributed by atoms with Crippen LogP contribution in [-0.4, -0.2) is 12.5 Å². The third kappa shape index (κ3) is 5.18. The lowest BCUT2D eigenvalue weighted by molar-refractivity contribution is -0.118. The van der Waals surface area contributed by atoms with Crippen molar-refractivity contribution in [1.29, 1.82) is 0 Å². The van der Waals surface area contributed by atoms with Crippen LogP contribution in [0.3, 0.4) is 0 Å². The van der Waals surface area contributed by atoms with Crippen LogP contribution >= 0.6 is 0 Å². The molecule has 0 bridgehead atoms. The van der Waals surface area contributed by atoms with Crippen LogP contribution in [0.4, 0.5) is 0 Å². The quantitative estimate of drug-likeness (QED) is 0.690. The van der Waals surface area contributed by atoms with Gasteiger partial charge in [0.05, 0.1) is 0 Å². The highest BCUT2D eigenvalue weighted by Crippen LogP contribution is 2.03. The van der Waals surface area contributed by atoms with E-state index in [1.807, 2.05) is 0 Å². The average molecular weight is 206 g/mol. The van der Waals surface area contributed by atoms with Crippen LogP contribution in [0.2, 0.25) is 0 Å². The second kappa shape index (κ2) is 6.19. The number of nitrogens with two attached hydrogens (primary N) is 1. The lowest BCUT2D eigenvalue weighted by atomic mass is 10.1. The van der Waals surface area contributed by atoms with Gasteiger partial charge in [0.25, 0.3) is 0 Å². The molecule has 0 aliphatic carbocycles. The number of benzene rings is 1. The Morgan fingerprint density at radius 3 is 2.93 bits per heavy atom. The number of rotatable bonds is 6. The normalized spacial score (nSPS) is 10.2. The number of carbonyl (C=O) groups is 1. The lowest BCUT2D eigenvalue weighted by Gasteiger charge is -2.04. The Bertz CT molecular complexity index is 323. The van der Waals surface area contributed by atoms with Gasteiger partial charge in [-0.3, -0.25) is 4.79 Å². The van der Waals surface area contributed by atoms with Gasteiger partial charge in [0, 0.05) is 13.0 Å². The van der Waals surface area contributed by atoms with Gasteiger partial charge in [-0.15, -0.1) is 0 Å². The molecule has 0 aromatic heterocycles. The summed E-state index contributed by atoms with van der Waals surface area (Å²) < 4.78 is 0. The molecule has 1 aromatic rings. The molecule has 0 aliphatic rings. The van der Waals surface area contributed by atoms with Crippen molar-refractivity contribution in [2.75, 3.05) is 6.54 Å². The molecular formula is C12H18N2O. The van der Waals surface area contributed by atoms with Crippen LogP contribution in [0.1, 0.15) is 24.0 Å². The van der Waals surface area contributed by atoms with E-state index in [0.717, 1.165) is 19.5 Å². The van der Waals surface area contributed by atoms with Gasteiger partial charge in [-0.25, -0.2) is 0 Å². The van der Waals surface area contributed by atoms with Crippen molar-refractivity contribution in [1.82, 2.24) is 5.32 Å². The predicted molar refractivity (Wildman–Crippen MR) is 61.3 cm³/mol. The van der Waals surface area contributed by atoms with Crippen LogP contribution in [0, 0.1) is 6.92 Å². The number of amides is 1. The minimum atomic E-state index is -0.229. The Morgan fingerprint density at radius 2 is 2.27 bits per heavy atom. The van der Waals surface area contributed by atoms with E-state index in [-0.39, 0.29) is 5.91 Å². The van der Waals surface area contributed by atoms with Crippen molar-refractivity contribution in [3.8, 4) is 0 Å². The maximum absolute atomic E-state index is 10.5. The fourth-order valence-electron chi connectivity index (χ4n) is 1.44.